The molecule has 1 aromatic carbocycles. The van der Waals surface area contributed by atoms with Crippen molar-refractivity contribution in [2.45, 2.75) is 12.1 Å². The molecule has 0 spiro atoms. The minimum Gasteiger partial charge on any atom is -0.502 e. The van der Waals surface area contributed by atoms with Gasteiger partial charge in [-0.2, -0.15) is 0 Å². The number of nitrogens with two attached hydrogens (primary N) is 1. The highest BCUT2D eigenvalue weighted by Gasteiger charge is 2.31. The van der Waals surface area contributed by atoms with Gasteiger partial charge in [0.1, 0.15) is 6.10 Å². The molecule has 0 bridgehead atoms. The first-order valence-corrected chi connectivity index (χ1v) is 4.99. The molecule has 88 valence electrons. The molecule has 1 heterocycles. The van der Waals surface area contributed by atoms with Crippen LogP contribution < -0.4 is 15.2 Å². The smallest absolute Gasteiger partial charge is 0.200 e. The summed E-state index contributed by atoms with van der Waals surface area (Å²) < 4.78 is 15.5. The Hall–Kier alpha value is -1.46. The van der Waals surface area contributed by atoms with Crippen LogP contribution >= 0.6 is 0 Å². The molecule has 0 aromatic heterocycles. The van der Waals surface area contributed by atoms with Crippen LogP contribution in [0.5, 0.6) is 17.2 Å². The van der Waals surface area contributed by atoms with Gasteiger partial charge in [0.25, 0.3) is 0 Å². The summed E-state index contributed by atoms with van der Waals surface area (Å²) in [5.74, 6) is 0.704. The van der Waals surface area contributed by atoms with E-state index >= 15 is 0 Å². The number of hydrogen-bond donors (Lipinski definition) is 2. The lowest BCUT2D eigenvalue weighted by Gasteiger charge is -2.34. The van der Waals surface area contributed by atoms with E-state index in [4.69, 9.17) is 19.9 Å². The fourth-order valence-corrected chi connectivity index (χ4v) is 1.73. The monoisotopic (exact) mass is 225 g/mol. The second kappa shape index (κ2) is 4.19. The van der Waals surface area contributed by atoms with E-state index in [0.29, 0.717) is 18.1 Å². The molecule has 0 saturated carbocycles. The third-order valence-electron chi connectivity index (χ3n) is 2.69. The first-order valence-electron chi connectivity index (χ1n) is 4.99. The SMILES string of the molecule is COc1cc([C@H]2OC[C@H]2N)cc(OC)c1O. The zero-order valence-electron chi connectivity index (χ0n) is 9.27. The zero-order chi connectivity index (χ0) is 11.7. The Morgan fingerprint density at radius 3 is 2.19 bits per heavy atom. The van der Waals surface area contributed by atoms with Gasteiger partial charge in [0, 0.05) is 0 Å². The van der Waals surface area contributed by atoms with Crippen LogP contribution in [0.15, 0.2) is 12.1 Å². The molecule has 5 heteroatoms. The Labute approximate surface area is 93.7 Å². The van der Waals surface area contributed by atoms with Gasteiger partial charge in [0.2, 0.25) is 5.75 Å². The number of ether oxygens (including phenoxy) is 3. The fourth-order valence-electron chi connectivity index (χ4n) is 1.73. The Morgan fingerprint density at radius 1 is 1.31 bits per heavy atom. The number of phenols is 1. The molecule has 1 fully saturated rings. The van der Waals surface area contributed by atoms with Crippen molar-refractivity contribution in [2.75, 3.05) is 20.8 Å². The minimum atomic E-state index is -0.150. The van der Waals surface area contributed by atoms with Gasteiger partial charge < -0.3 is 25.1 Å². The lowest BCUT2D eigenvalue weighted by atomic mass is 9.98. The van der Waals surface area contributed by atoms with E-state index in [0.717, 1.165) is 5.56 Å². The van der Waals surface area contributed by atoms with Gasteiger partial charge in [-0.05, 0) is 17.7 Å². The summed E-state index contributed by atoms with van der Waals surface area (Å²) in [5.41, 5.74) is 6.66. The van der Waals surface area contributed by atoms with Crippen LogP contribution in [0.4, 0.5) is 0 Å². The number of aromatic hydroxyl groups is 1. The van der Waals surface area contributed by atoms with Crippen LogP contribution in [-0.4, -0.2) is 32.0 Å². The van der Waals surface area contributed by atoms with Crippen molar-refractivity contribution < 1.29 is 19.3 Å². The van der Waals surface area contributed by atoms with Crippen LogP contribution in [0.25, 0.3) is 0 Å². The fraction of sp³-hybridized carbons (Fsp3) is 0.455. The predicted octanol–water partition coefficient (Wildman–Crippen LogP) is 0.808. The summed E-state index contributed by atoms with van der Waals surface area (Å²) in [4.78, 5) is 0. The second-order valence-electron chi connectivity index (χ2n) is 3.69. The Morgan fingerprint density at radius 2 is 1.88 bits per heavy atom. The number of benzene rings is 1. The van der Waals surface area contributed by atoms with Crippen LogP contribution in [0.3, 0.4) is 0 Å². The maximum absolute atomic E-state index is 9.73. The van der Waals surface area contributed by atoms with Gasteiger partial charge in [0.15, 0.2) is 11.5 Å². The van der Waals surface area contributed by atoms with Crippen LogP contribution in [0.2, 0.25) is 0 Å². The molecule has 2 atom stereocenters. The van der Waals surface area contributed by atoms with Crippen molar-refractivity contribution in [3.05, 3.63) is 17.7 Å². The third kappa shape index (κ3) is 1.68. The lowest BCUT2D eigenvalue weighted by molar-refractivity contribution is -0.0753. The Kier molecular flexibility index (Phi) is 2.89. The van der Waals surface area contributed by atoms with E-state index in [1.807, 2.05) is 0 Å². The number of rotatable bonds is 3. The molecule has 0 amide bonds. The first kappa shape index (κ1) is 11.0. The summed E-state index contributed by atoms with van der Waals surface area (Å²) in [5, 5.41) is 9.73. The molecule has 0 unspecified atom stereocenters. The molecular formula is C11H15NO4. The summed E-state index contributed by atoms with van der Waals surface area (Å²) in [6.07, 6.45) is -0.150. The average molecular weight is 225 g/mol. The van der Waals surface area contributed by atoms with E-state index in [2.05, 4.69) is 0 Å². The van der Waals surface area contributed by atoms with Crippen molar-refractivity contribution in [1.82, 2.24) is 0 Å². The summed E-state index contributed by atoms with van der Waals surface area (Å²) >= 11 is 0. The zero-order valence-corrected chi connectivity index (χ0v) is 9.27. The molecule has 1 aliphatic heterocycles. The van der Waals surface area contributed by atoms with Gasteiger partial charge in [-0.25, -0.2) is 0 Å². The van der Waals surface area contributed by atoms with E-state index in [9.17, 15) is 5.11 Å². The predicted molar refractivity (Wildman–Crippen MR) is 57.9 cm³/mol. The third-order valence-corrected chi connectivity index (χ3v) is 2.69. The van der Waals surface area contributed by atoms with Crippen LogP contribution in [0.1, 0.15) is 11.7 Å². The van der Waals surface area contributed by atoms with Crippen molar-refractivity contribution in [3.63, 3.8) is 0 Å². The maximum atomic E-state index is 9.73. The highest BCUT2D eigenvalue weighted by Crippen LogP contribution is 2.41. The molecule has 16 heavy (non-hydrogen) atoms. The second-order valence-corrected chi connectivity index (χ2v) is 3.69. The number of hydrogen-bond acceptors (Lipinski definition) is 5. The molecular weight excluding hydrogens is 210 g/mol. The highest BCUT2D eigenvalue weighted by atomic mass is 16.5. The van der Waals surface area contributed by atoms with E-state index in [1.54, 1.807) is 12.1 Å². The van der Waals surface area contributed by atoms with E-state index in [1.165, 1.54) is 14.2 Å². The Bertz CT molecular complexity index is 369. The van der Waals surface area contributed by atoms with Crippen molar-refractivity contribution in [1.29, 1.82) is 0 Å². The molecule has 0 aliphatic carbocycles. The van der Waals surface area contributed by atoms with E-state index < -0.39 is 0 Å². The summed E-state index contributed by atoms with van der Waals surface area (Å²) in [6.45, 7) is 0.552. The van der Waals surface area contributed by atoms with Gasteiger partial charge >= 0.3 is 0 Å². The summed E-state index contributed by atoms with van der Waals surface area (Å²) in [7, 11) is 2.97. The van der Waals surface area contributed by atoms with Gasteiger partial charge in [-0.3, -0.25) is 0 Å². The topological polar surface area (TPSA) is 73.9 Å². The number of phenolic OH excluding ortho intramolecular Hbond substituents is 1. The van der Waals surface area contributed by atoms with E-state index in [-0.39, 0.29) is 17.9 Å². The quantitative estimate of drug-likeness (QED) is 0.796. The molecule has 1 saturated heterocycles. The molecule has 1 aromatic rings. The van der Waals surface area contributed by atoms with Gasteiger partial charge in [0.05, 0.1) is 26.9 Å². The normalized spacial score (nSPS) is 23.7. The molecule has 1 aliphatic rings. The van der Waals surface area contributed by atoms with Gasteiger partial charge in [-0.1, -0.05) is 0 Å². The lowest BCUT2D eigenvalue weighted by Crippen LogP contribution is -2.44. The maximum Gasteiger partial charge on any atom is 0.200 e. The molecule has 2 rings (SSSR count). The minimum absolute atomic E-state index is 0.0124. The highest BCUT2D eigenvalue weighted by molar-refractivity contribution is 5.53. The average Bonchev–Trinajstić information content (AvgIpc) is 2.29. The standard InChI is InChI=1S/C11H15NO4/c1-14-8-3-6(11-7(12)5-16-11)4-9(15-2)10(8)13/h3-4,7,11,13H,5,12H2,1-2H3/t7-,11-/m1/s1. The molecule has 5 nitrogen and oxygen atoms in total. The van der Waals surface area contributed by atoms with Gasteiger partial charge in [-0.15, -0.1) is 0 Å². The molecule has 0 radical (unpaired) electrons. The van der Waals surface area contributed by atoms with Crippen molar-refractivity contribution >= 4 is 0 Å². The van der Waals surface area contributed by atoms with Crippen LogP contribution in [-0.2, 0) is 4.74 Å². The molecule has 3 N–H and O–H groups in total. The van der Waals surface area contributed by atoms with Crippen LogP contribution in [0, 0.1) is 0 Å². The number of methoxy groups -OCH3 is 2. The summed E-state index contributed by atoms with van der Waals surface area (Å²) in [6, 6.07) is 3.40. The van der Waals surface area contributed by atoms with Crippen molar-refractivity contribution in [2.24, 2.45) is 5.73 Å². The first-order chi connectivity index (χ1) is 7.67. The largest absolute Gasteiger partial charge is 0.502 e. The van der Waals surface area contributed by atoms with Crippen molar-refractivity contribution in [3.8, 4) is 17.2 Å². The Balaban J connectivity index is 2.38.